The maximum Gasteiger partial charge on any atom is 0.0897 e. The average Bonchev–Trinajstić information content (AvgIpc) is 2.83. The van der Waals surface area contributed by atoms with Crippen LogP contribution >= 0.6 is 11.3 Å². The van der Waals surface area contributed by atoms with Crippen molar-refractivity contribution in [1.29, 1.82) is 0 Å². The highest BCUT2D eigenvalue weighted by Gasteiger charge is 2.12. The predicted octanol–water partition coefficient (Wildman–Crippen LogP) is 3.24. The minimum atomic E-state index is -0.0469. The summed E-state index contributed by atoms with van der Waals surface area (Å²) in [7, 11) is 0. The Labute approximate surface area is 116 Å². The van der Waals surface area contributed by atoms with E-state index in [0.29, 0.717) is 0 Å². The third kappa shape index (κ3) is 2.50. The molecule has 4 heteroatoms. The Bertz CT molecular complexity index is 700. The van der Waals surface area contributed by atoms with Gasteiger partial charge in [0.1, 0.15) is 0 Å². The van der Waals surface area contributed by atoms with Crippen molar-refractivity contribution < 1.29 is 0 Å². The monoisotopic (exact) mass is 269 g/mol. The molecule has 19 heavy (non-hydrogen) atoms. The van der Waals surface area contributed by atoms with E-state index >= 15 is 0 Å². The van der Waals surface area contributed by atoms with Gasteiger partial charge in [-0.3, -0.25) is 4.98 Å². The van der Waals surface area contributed by atoms with E-state index < -0.39 is 0 Å². The largest absolute Gasteiger partial charge is 0.324 e. The first-order chi connectivity index (χ1) is 9.24. The molecule has 2 heterocycles. The van der Waals surface area contributed by atoms with Crippen LogP contribution in [0.15, 0.2) is 41.9 Å². The van der Waals surface area contributed by atoms with Gasteiger partial charge in [0.15, 0.2) is 0 Å². The molecule has 0 radical (unpaired) electrons. The molecule has 96 valence electrons. The Morgan fingerprint density at radius 1 is 1.26 bits per heavy atom. The number of pyridine rings is 1. The van der Waals surface area contributed by atoms with E-state index in [0.717, 1.165) is 33.6 Å². The molecule has 0 bridgehead atoms. The first-order valence-corrected chi connectivity index (χ1v) is 7.12. The summed E-state index contributed by atoms with van der Waals surface area (Å²) < 4.78 is 0. The van der Waals surface area contributed by atoms with Gasteiger partial charge in [-0.1, -0.05) is 18.2 Å². The number of aromatic nitrogens is 2. The van der Waals surface area contributed by atoms with E-state index in [1.165, 1.54) is 0 Å². The molecule has 3 aromatic rings. The van der Waals surface area contributed by atoms with Crippen molar-refractivity contribution in [2.75, 3.05) is 0 Å². The second-order valence-electron chi connectivity index (χ2n) is 4.59. The number of para-hydroxylation sites is 1. The number of fused-ring (bicyclic) bond motifs is 1. The highest BCUT2D eigenvalue weighted by atomic mass is 32.1. The fourth-order valence-electron chi connectivity index (χ4n) is 2.28. The van der Waals surface area contributed by atoms with Gasteiger partial charge in [-0.2, -0.15) is 0 Å². The second kappa shape index (κ2) is 5.07. The summed E-state index contributed by atoms with van der Waals surface area (Å²) in [6.45, 7) is 2.02. The third-order valence-electron chi connectivity index (χ3n) is 3.18. The average molecular weight is 269 g/mol. The van der Waals surface area contributed by atoms with Crippen LogP contribution in [0.4, 0.5) is 0 Å². The summed E-state index contributed by atoms with van der Waals surface area (Å²) >= 11 is 1.67. The Morgan fingerprint density at radius 2 is 2.11 bits per heavy atom. The van der Waals surface area contributed by atoms with Gasteiger partial charge >= 0.3 is 0 Å². The second-order valence-corrected chi connectivity index (χ2v) is 5.65. The van der Waals surface area contributed by atoms with E-state index in [-0.39, 0.29) is 6.04 Å². The molecule has 3 nitrogen and oxygen atoms in total. The van der Waals surface area contributed by atoms with Crippen LogP contribution in [0.1, 0.15) is 22.3 Å². The van der Waals surface area contributed by atoms with Crippen molar-refractivity contribution in [3.63, 3.8) is 0 Å². The fraction of sp³-hybridized carbons (Fsp3) is 0.200. The van der Waals surface area contributed by atoms with Crippen LogP contribution in [-0.4, -0.2) is 9.97 Å². The zero-order valence-electron chi connectivity index (χ0n) is 10.7. The number of rotatable bonds is 3. The van der Waals surface area contributed by atoms with Crippen molar-refractivity contribution in [1.82, 2.24) is 9.97 Å². The molecule has 0 aliphatic rings. The van der Waals surface area contributed by atoms with Crippen LogP contribution in [0.2, 0.25) is 0 Å². The highest BCUT2D eigenvalue weighted by molar-refractivity contribution is 7.09. The molecule has 2 aromatic heterocycles. The van der Waals surface area contributed by atoms with Gasteiger partial charge in [-0.25, -0.2) is 4.98 Å². The van der Waals surface area contributed by atoms with E-state index in [4.69, 9.17) is 5.73 Å². The van der Waals surface area contributed by atoms with Crippen molar-refractivity contribution in [3.8, 4) is 0 Å². The molecule has 0 saturated carbocycles. The summed E-state index contributed by atoms with van der Waals surface area (Å²) in [5, 5.41) is 4.30. The first kappa shape index (κ1) is 12.3. The third-order valence-corrected chi connectivity index (χ3v) is 4.00. The topological polar surface area (TPSA) is 51.8 Å². The molecule has 0 aliphatic carbocycles. The molecule has 3 rings (SSSR count). The maximum atomic E-state index is 6.34. The zero-order chi connectivity index (χ0) is 13.2. The molecule has 0 spiro atoms. The van der Waals surface area contributed by atoms with Gasteiger partial charge in [-0.05, 0) is 24.6 Å². The van der Waals surface area contributed by atoms with Crippen LogP contribution in [0.5, 0.6) is 0 Å². The lowest BCUT2D eigenvalue weighted by Crippen LogP contribution is -2.14. The lowest BCUT2D eigenvalue weighted by molar-refractivity contribution is 0.714. The standard InChI is InChI=1S/C15H15N3S/c1-10-18-11(9-19-10)8-14(16)12-6-7-17-15-5-3-2-4-13(12)15/h2-7,9,14H,8,16H2,1H3. The Kier molecular flexibility index (Phi) is 3.27. The molecule has 0 saturated heterocycles. The van der Waals surface area contributed by atoms with E-state index in [2.05, 4.69) is 21.4 Å². The van der Waals surface area contributed by atoms with E-state index in [1.807, 2.05) is 37.4 Å². The predicted molar refractivity (Wildman–Crippen MR) is 79.2 cm³/mol. The minimum absolute atomic E-state index is 0.0469. The zero-order valence-corrected chi connectivity index (χ0v) is 11.5. The Balaban J connectivity index is 1.95. The highest BCUT2D eigenvalue weighted by Crippen LogP contribution is 2.24. The van der Waals surface area contributed by atoms with Crippen molar-refractivity contribution in [3.05, 3.63) is 58.2 Å². The van der Waals surface area contributed by atoms with Gasteiger partial charge < -0.3 is 5.73 Å². The summed E-state index contributed by atoms with van der Waals surface area (Å²) in [6.07, 6.45) is 2.59. The SMILES string of the molecule is Cc1nc(CC(N)c2ccnc3ccccc23)cs1. The molecule has 0 fully saturated rings. The number of hydrogen-bond donors (Lipinski definition) is 1. The van der Waals surface area contributed by atoms with Gasteiger partial charge in [0, 0.05) is 29.4 Å². The molecular weight excluding hydrogens is 254 g/mol. The number of nitrogens with two attached hydrogens (primary N) is 1. The molecule has 0 aliphatic heterocycles. The summed E-state index contributed by atoms with van der Waals surface area (Å²) in [4.78, 5) is 8.85. The van der Waals surface area contributed by atoms with E-state index in [9.17, 15) is 0 Å². The lowest BCUT2D eigenvalue weighted by atomic mass is 9.99. The fourth-order valence-corrected chi connectivity index (χ4v) is 2.90. The number of thiazole rings is 1. The number of nitrogens with zero attached hydrogens (tertiary/aromatic N) is 2. The molecular formula is C15H15N3S. The van der Waals surface area contributed by atoms with Gasteiger partial charge in [0.05, 0.1) is 16.2 Å². The van der Waals surface area contributed by atoms with Crippen molar-refractivity contribution in [2.24, 2.45) is 5.73 Å². The van der Waals surface area contributed by atoms with Gasteiger partial charge in [0.2, 0.25) is 0 Å². The molecule has 1 atom stereocenters. The number of benzene rings is 1. The van der Waals surface area contributed by atoms with Crippen LogP contribution < -0.4 is 5.73 Å². The molecule has 2 N–H and O–H groups in total. The summed E-state index contributed by atoms with van der Waals surface area (Å²) in [5.74, 6) is 0. The van der Waals surface area contributed by atoms with Gasteiger partial charge in [0.25, 0.3) is 0 Å². The van der Waals surface area contributed by atoms with E-state index in [1.54, 1.807) is 11.3 Å². The van der Waals surface area contributed by atoms with Crippen LogP contribution in [0.3, 0.4) is 0 Å². The maximum absolute atomic E-state index is 6.34. The quantitative estimate of drug-likeness (QED) is 0.794. The first-order valence-electron chi connectivity index (χ1n) is 6.24. The molecule has 1 aromatic carbocycles. The Hall–Kier alpha value is -1.78. The van der Waals surface area contributed by atoms with Crippen LogP contribution in [0.25, 0.3) is 10.9 Å². The van der Waals surface area contributed by atoms with Crippen molar-refractivity contribution in [2.45, 2.75) is 19.4 Å². The summed E-state index contributed by atoms with van der Waals surface area (Å²) in [6, 6.07) is 10.1. The van der Waals surface area contributed by atoms with Crippen LogP contribution in [-0.2, 0) is 6.42 Å². The van der Waals surface area contributed by atoms with Crippen LogP contribution in [0, 0.1) is 6.92 Å². The summed E-state index contributed by atoms with van der Waals surface area (Å²) in [5.41, 5.74) is 9.53. The molecule has 1 unspecified atom stereocenters. The number of hydrogen-bond acceptors (Lipinski definition) is 4. The minimum Gasteiger partial charge on any atom is -0.324 e. The van der Waals surface area contributed by atoms with Crippen molar-refractivity contribution >= 4 is 22.2 Å². The van der Waals surface area contributed by atoms with Gasteiger partial charge in [-0.15, -0.1) is 11.3 Å². The normalized spacial score (nSPS) is 12.7. The lowest BCUT2D eigenvalue weighted by Gasteiger charge is -2.13. The smallest absolute Gasteiger partial charge is 0.0897 e. The molecule has 0 amide bonds. The number of aryl methyl sites for hydroxylation is 1. The Morgan fingerprint density at radius 3 is 2.89 bits per heavy atom.